The normalized spacial score (nSPS) is 10.4. The number of nitrogen functional groups attached to an aromatic ring is 1. The highest BCUT2D eigenvalue weighted by Gasteiger charge is 2.15. The zero-order valence-electron chi connectivity index (χ0n) is 9.71. The Morgan fingerprint density at radius 3 is 2.44 bits per heavy atom. The summed E-state index contributed by atoms with van der Waals surface area (Å²) in [5, 5.41) is 0.295. The van der Waals surface area contributed by atoms with E-state index in [9.17, 15) is 9.18 Å². The SMILES string of the molecule is Cc1cc(F)ccc1C(=O)c1ccc(N)cc1Cl. The van der Waals surface area contributed by atoms with Crippen LogP contribution in [0.4, 0.5) is 10.1 Å². The zero-order valence-corrected chi connectivity index (χ0v) is 10.5. The number of benzene rings is 2. The van der Waals surface area contributed by atoms with Crippen LogP contribution in [0, 0.1) is 12.7 Å². The maximum Gasteiger partial charge on any atom is 0.194 e. The van der Waals surface area contributed by atoms with Crippen LogP contribution in [-0.4, -0.2) is 5.78 Å². The molecule has 0 heterocycles. The van der Waals surface area contributed by atoms with Crippen molar-refractivity contribution >= 4 is 23.1 Å². The molecule has 0 saturated carbocycles. The summed E-state index contributed by atoms with van der Waals surface area (Å²) < 4.78 is 13.0. The molecule has 0 atom stereocenters. The van der Waals surface area contributed by atoms with E-state index < -0.39 is 0 Å². The van der Waals surface area contributed by atoms with Crippen LogP contribution in [0.5, 0.6) is 0 Å². The van der Waals surface area contributed by atoms with Crippen molar-refractivity contribution in [3.05, 3.63) is 63.9 Å². The first-order chi connectivity index (χ1) is 8.49. The van der Waals surface area contributed by atoms with Crippen LogP contribution >= 0.6 is 11.6 Å². The largest absolute Gasteiger partial charge is 0.399 e. The summed E-state index contributed by atoms with van der Waals surface area (Å²) in [6, 6.07) is 8.73. The van der Waals surface area contributed by atoms with E-state index in [0.29, 0.717) is 27.4 Å². The Hall–Kier alpha value is -1.87. The van der Waals surface area contributed by atoms with E-state index in [4.69, 9.17) is 17.3 Å². The zero-order chi connectivity index (χ0) is 13.3. The minimum absolute atomic E-state index is 0.238. The first-order valence-electron chi connectivity index (χ1n) is 5.35. The van der Waals surface area contributed by atoms with Gasteiger partial charge in [-0.25, -0.2) is 4.39 Å². The Kier molecular flexibility index (Phi) is 3.34. The van der Waals surface area contributed by atoms with Crippen LogP contribution in [0.3, 0.4) is 0 Å². The van der Waals surface area contributed by atoms with Crippen LogP contribution in [0.25, 0.3) is 0 Å². The van der Waals surface area contributed by atoms with Crippen molar-refractivity contribution < 1.29 is 9.18 Å². The van der Waals surface area contributed by atoms with Crippen LogP contribution in [0.1, 0.15) is 21.5 Å². The lowest BCUT2D eigenvalue weighted by Crippen LogP contribution is -2.05. The number of hydrogen-bond acceptors (Lipinski definition) is 2. The smallest absolute Gasteiger partial charge is 0.194 e. The Morgan fingerprint density at radius 2 is 1.83 bits per heavy atom. The Morgan fingerprint density at radius 1 is 1.17 bits per heavy atom. The van der Waals surface area contributed by atoms with Crippen molar-refractivity contribution in [1.82, 2.24) is 0 Å². The number of halogens is 2. The van der Waals surface area contributed by atoms with E-state index in [1.165, 1.54) is 24.3 Å². The first-order valence-corrected chi connectivity index (χ1v) is 5.72. The molecule has 0 aliphatic carbocycles. The van der Waals surface area contributed by atoms with Gasteiger partial charge in [-0.3, -0.25) is 4.79 Å². The number of anilines is 1. The van der Waals surface area contributed by atoms with Gasteiger partial charge in [-0.15, -0.1) is 0 Å². The number of rotatable bonds is 2. The molecule has 0 radical (unpaired) electrons. The van der Waals surface area contributed by atoms with E-state index in [1.807, 2.05) is 0 Å². The van der Waals surface area contributed by atoms with Gasteiger partial charge in [0.25, 0.3) is 0 Å². The molecule has 4 heteroatoms. The molecule has 2 N–H and O–H groups in total. The van der Waals surface area contributed by atoms with Gasteiger partial charge in [0.2, 0.25) is 0 Å². The number of aryl methyl sites for hydroxylation is 1. The fraction of sp³-hybridized carbons (Fsp3) is 0.0714. The molecule has 0 aliphatic rings. The maximum absolute atomic E-state index is 13.0. The molecule has 2 nitrogen and oxygen atoms in total. The standard InChI is InChI=1S/C14H11ClFNO/c1-8-6-9(16)2-4-11(8)14(18)12-5-3-10(17)7-13(12)15/h2-7H,17H2,1H3. The summed E-state index contributed by atoms with van der Waals surface area (Å²) >= 11 is 5.98. The summed E-state index contributed by atoms with van der Waals surface area (Å²) in [5.74, 6) is -0.607. The molecule has 0 unspecified atom stereocenters. The van der Waals surface area contributed by atoms with Gasteiger partial charge in [0.05, 0.1) is 5.02 Å². The maximum atomic E-state index is 13.0. The van der Waals surface area contributed by atoms with Gasteiger partial charge in [-0.2, -0.15) is 0 Å². The molecule has 0 amide bonds. The second-order valence-corrected chi connectivity index (χ2v) is 4.43. The molecule has 0 bridgehead atoms. The summed E-state index contributed by atoms with van der Waals surface area (Å²) in [6.45, 7) is 1.68. The van der Waals surface area contributed by atoms with E-state index in [1.54, 1.807) is 19.1 Å². The highest BCUT2D eigenvalue weighted by molar-refractivity contribution is 6.35. The fourth-order valence-electron chi connectivity index (χ4n) is 1.74. The second-order valence-electron chi connectivity index (χ2n) is 4.03. The molecule has 0 aliphatic heterocycles. The van der Waals surface area contributed by atoms with Crippen LogP contribution in [0.2, 0.25) is 5.02 Å². The number of carbonyl (C=O) groups excluding carboxylic acids is 1. The summed E-state index contributed by atoms with van der Waals surface area (Å²) in [4.78, 5) is 12.3. The predicted molar refractivity (Wildman–Crippen MR) is 70.4 cm³/mol. The number of ketones is 1. The van der Waals surface area contributed by atoms with Crippen molar-refractivity contribution in [2.24, 2.45) is 0 Å². The van der Waals surface area contributed by atoms with Gasteiger partial charge in [-0.1, -0.05) is 11.6 Å². The Labute approximate surface area is 109 Å². The summed E-state index contributed by atoms with van der Waals surface area (Å²) in [6.07, 6.45) is 0. The van der Waals surface area contributed by atoms with E-state index in [-0.39, 0.29) is 11.6 Å². The average molecular weight is 264 g/mol. The minimum Gasteiger partial charge on any atom is -0.399 e. The third-order valence-electron chi connectivity index (χ3n) is 2.67. The molecule has 2 aromatic rings. The Bertz CT molecular complexity index is 572. The molecular weight excluding hydrogens is 253 g/mol. The highest BCUT2D eigenvalue weighted by Crippen LogP contribution is 2.23. The third-order valence-corrected chi connectivity index (χ3v) is 2.98. The van der Waals surface area contributed by atoms with Gasteiger partial charge in [-0.05, 0) is 48.9 Å². The second kappa shape index (κ2) is 4.78. The molecule has 18 heavy (non-hydrogen) atoms. The number of carbonyl (C=O) groups is 1. The van der Waals surface area contributed by atoms with Crippen molar-refractivity contribution in [1.29, 1.82) is 0 Å². The summed E-state index contributed by atoms with van der Waals surface area (Å²) in [5.41, 5.74) is 7.44. The van der Waals surface area contributed by atoms with Crippen LogP contribution < -0.4 is 5.73 Å². The highest BCUT2D eigenvalue weighted by atomic mass is 35.5. The van der Waals surface area contributed by atoms with Crippen LogP contribution in [0.15, 0.2) is 36.4 Å². The van der Waals surface area contributed by atoms with E-state index >= 15 is 0 Å². The molecule has 0 aromatic heterocycles. The van der Waals surface area contributed by atoms with Crippen LogP contribution in [-0.2, 0) is 0 Å². The molecule has 0 saturated heterocycles. The van der Waals surface area contributed by atoms with Crippen molar-refractivity contribution in [2.75, 3.05) is 5.73 Å². The van der Waals surface area contributed by atoms with Gasteiger partial charge in [0.1, 0.15) is 5.82 Å². The van der Waals surface area contributed by atoms with Gasteiger partial charge < -0.3 is 5.73 Å². The molecule has 2 aromatic carbocycles. The minimum atomic E-state index is -0.368. The monoisotopic (exact) mass is 263 g/mol. The molecule has 0 spiro atoms. The quantitative estimate of drug-likeness (QED) is 0.664. The third kappa shape index (κ3) is 2.36. The van der Waals surface area contributed by atoms with E-state index in [2.05, 4.69) is 0 Å². The van der Waals surface area contributed by atoms with Gasteiger partial charge in [0, 0.05) is 16.8 Å². The fourth-order valence-corrected chi connectivity index (χ4v) is 2.02. The lowest BCUT2D eigenvalue weighted by atomic mass is 9.99. The van der Waals surface area contributed by atoms with Crippen molar-refractivity contribution in [3.63, 3.8) is 0 Å². The molecule has 2 rings (SSSR count). The molecule has 0 fully saturated rings. The first kappa shape index (κ1) is 12.6. The number of nitrogens with two attached hydrogens (primary N) is 1. The van der Waals surface area contributed by atoms with Crippen molar-refractivity contribution in [3.8, 4) is 0 Å². The predicted octanol–water partition coefficient (Wildman–Crippen LogP) is 3.60. The van der Waals surface area contributed by atoms with E-state index in [0.717, 1.165) is 0 Å². The number of hydrogen-bond donors (Lipinski definition) is 1. The lowest BCUT2D eigenvalue weighted by Gasteiger charge is -2.07. The van der Waals surface area contributed by atoms with Crippen molar-refractivity contribution in [2.45, 2.75) is 6.92 Å². The van der Waals surface area contributed by atoms with Gasteiger partial charge in [0.15, 0.2) is 5.78 Å². The summed E-state index contributed by atoms with van der Waals surface area (Å²) in [7, 11) is 0. The molecule has 92 valence electrons. The Balaban J connectivity index is 2.48. The topological polar surface area (TPSA) is 43.1 Å². The lowest BCUT2D eigenvalue weighted by molar-refractivity contribution is 0.103. The molecular formula is C14H11ClFNO. The average Bonchev–Trinajstić information content (AvgIpc) is 2.28. The van der Waals surface area contributed by atoms with Gasteiger partial charge >= 0.3 is 0 Å².